The van der Waals surface area contributed by atoms with E-state index in [0.29, 0.717) is 27.0 Å². The molecule has 3 aromatic carbocycles. The number of sulfonamides is 1. The zero-order chi connectivity index (χ0) is 30.3. The van der Waals surface area contributed by atoms with Crippen molar-refractivity contribution in [3.05, 3.63) is 88.4 Å². The van der Waals surface area contributed by atoms with Crippen molar-refractivity contribution in [2.45, 2.75) is 62.6 Å². The number of carbonyl (C=O) groups is 2. The van der Waals surface area contributed by atoms with Crippen LogP contribution >= 0.6 is 23.2 Å². The fraction of sp³-hybridized carbons (Fsp3) is 0.355. The average molecular weight is 633 g/mol. The van der Waals surface area contributed by atoms with Gasteiger partial charge in [-0.2, -0.15) is 0 Å². The number of benzene rings is 3. The summed E-state index contributed by atoms with van der Waals surface area (Å²) >= 11 is 12.4. The molecule has 0 bridgehead atoms. The maximum atomic E-state index is 14.1. The molecule has 0 saturated heterocycles. The van der Waals surface area contributed by atoms with Crippen molar-refractivity contribution in [3.8, 4) is 5.75 Å². The molecule has 8 nitrogen and oxygen atoms in total. The van der Waals surface area contributed by atoms with E-state index in [1.165, 1.54) is 24.1 Å². The van der Waals surface area contributed by atoms with E-state index < -0.39 is 28.5 Å². The van der Waals surface area contributed by atoms with Gasteiger partial charge in [-0.05, 0) is 73.9 Å². The number of halogens is 2. The Morgan fingerprint density at radius 3 is 2.24 bits per heavy atom. The third-order valence-electron chi connectivity index (χ3n) is 7.43. The van der Waals surface area contributed by atoms with Crippen molar-refractivity contribution >= 4 is 50.7 Å². The Bertz CT molecular complexity index is 1480. The van der Waals surface area contributed by atoms with Gasteiger partial charge in [-0.15, -0.1) is 0 Å². The lowest BCUT2D eigenvalue weighted by atomic mass is 9.95. The predicted octanol–water partition coefficient (Wildman–Crippen LogP) is 6.06. The van der Waals surface area contributed by atoms with Gasteiger partial charge in [-0.1, -0.05) is 66.7 Å². The molecule has 42 heavy (non-hydrogen) atoms. The van der Waals surface area contributed by atoms with E-state index in [1.54, 1.807) is 67.6 Å². The molecule has 1 fully saturated rings. The molecule has 1 atom stereocenters. The van der Waals surface area contributed by atoms with Gasteiger partial charge in [0.2, 0.25) is 11.8 Å². The molecule has 0 spiro atoms. The van der Waals surface area contributed by atoms with E-state index in [2.05, 4.69) is 5.32 Å². The molecular weight excluding hydrogens is 597 g/mol. The van der Waals surface area contributed by atoms with E-state index in [4.69, 9.17) is 27.9 Å². The number of para-hydroxylation sites is 1. The zero-order valence-electron chi connectivity index (χ0n) is 23.6. The normalized spacial score (nSPS) is 14.6. The van der Waals surface area contributed by atoms with Crippen molar-refractivity contribution in [1.82, 2.24) is 10.2 Å². The van der Waals surface area contributed by atoms with E-state index in [1.807, 2.05) is 0 Å². The number of ether oxygens (including phenoxy) is 1. The van der Waals surface area contributed by atoms with Crippen LogP contribution in [-0.4, -0.2) is 50.9 Å². The zero-order valence-corrected chi connectivity index (χ0v) is 26.0. The molecule has 224 valence electrons. The molecule has 3 aromatic rings. The van der Waals surface area contributed by atoms with E-state index >= 15 is 0 Å². The summed E-state index contributed by atoms with van der Waals surface area (Å²) in [5, 5.41) is 3.77. The topological polar surface area (TPSA) is 96.0 Å². The monoisotopic (exact) mass is 631 g/mol. The number of nitrogens with zero attached hydrogens (tertiary/aromatic N) is 2. The summed E-state index contributed by atoms with van der Waals surface area (Å²) in [6.07, 6.45) is 5.00. The van der Waals surface area contributed by atoms with Gasteiger partial charge < -0.3 is 15.0 Å². The summed E-state index contributed by atoms with van der Waals surface area (Å²) in [5.41, 5.74) is 0.967. The Labute approximate surface area is 257 Å². The fourth-order valence-corrected chi connectivity index (χ4v) is 6.72. The van der Waals surface area contributed by atoms with Crippen LogP contribution in [0.15, 0.2) is 77.7 Å². The number of hydrogen-bond acceptors (Lipinski definition) is 5. The van der Waals surface area contributed by atoms with Gasteiger partial charge in [-0.25, -0.2) is 8.42 Å². The van der Waals surface area contributed by atoms with Crippen molar-refractivity contribution in [1.29, 1.82) is 0 Å². The first kappa shape index (κ1) is 31.7. The Kier molecular flexibility index (Phi) is 10.8. The van der Waals surface area contributed by atoms with Crippen LogP contribution in [0.2, 0.25) is 10.0 Å². The van der Waals surface area contributed by atoms with Crippen LogP contribution in [0.25, 0.3) is 0 Å². The van der Waals surface area contributed by atoms with Crippen molar-refractivity contribution in [2.24, 2.45) is 0 Å². The molecule has 1 aliphatic rings. The van der Waals surface area contributed by atoms with Crippen LogP contribution in [0.3, 0.4) is 0 Å². The molecule has 0 heterocycles. The number of methoxy groups -OCH3 is 1. The summed E-state index contributed by atoms with van der Waals surface area (Å²) in [7, 11) is -2.68. The molecule has 0 aromatic heterocycles. The smallest absolute Gasteiger partial charge is 0.264 e. The lowest BCUT2D eigenvalue weighted by Crippen LogP contribution is -2.53. The third kappa shape index (κ3) is 7.76. The van der Waals surface area contributed by atoms with Gasteiger partial charge in [0.15, 0.2) is 0 Å². The first-order valence-corrected chi connectivity index (χ1v) is 16.1. The highest BCUT2D eigenvalue weighted by Gasteiger charge is 2.33. The average Bonchev–Trinajstić information content (AvgIpc) is 3.00. The predicted molar refractivity (Wildman–Crippen MR) is 165 cm³/mol. The minimum absolute atomic E-state index is 0.000855. The maximum Gasteiger partial charge on any atom is 0.264 e. The highest BCUT2D eigenvalue weighted by atomic mass is 35.5. The largest absolute Gasteiger partial charge is 0.497 e. The summed E-state index contributed by atoms with van der Waals surface area (Å²) in [4.78, 5) is 28.9. The van der Waals surface area contributed by atoms with Gasteiger partial charge in [0, 0.05) is 12.6 Å². The van der Waals surface area contributed by atoms with Crippen LogP contribution < -0.4 is 14.4 Å². The van der Waals surface area contributed by atoms with Crippen LogP contribution in [0.4, 0.5) is 5.69 Å². The third-order valence-corrected chi connectivity index (χ3v) is 9.95. The van der Waals surface area contributed by atoms with Crippen molar-refractivity contribution < 1.29 is 22.7 Å². The Balaban J connectivity index is 1.67. The van der Waals surface area contributed by atoms with Gasteiger partial charge >= 0.3 is 0 Å². The minimum atomic E-state index is -4.17. The summed E-state index contributed by atoms with van der Waals surface area (Å²) in [5.74, 6) is -0.338. The number of amides is 2. The van der Waals surface area contributed by atoms with Crippen LogP contribution in [-0.2, 0) is 26.2 Å². The first-order chi connectivity index (χ1) is 20.1. The number of rotatable bonds is 11. The second-order valence-corrected chi connectivity index (χ2v) is 13.0. The molecule has 4 rings (SSSR count). The number of anilines is 1. The van der Waals surface area contributed by atoms with Crippen LogP contribution in [0.5, 0.6) is 5.75 Å². The Hall–Kier alpha value is -3.27. The van der Waals surface area contributed by atoms with Gasteiger partial charge in [0.25, 0.3) is 10.0 Å². The molecule has 1 N–H and O–H groups in total. The lowest BCUT2D eigenvalue weighted by molar-refractivity contribution is -0.139. The standard InChI is InChI=1S/C31H35Cl2N3O5S/c1-22(31(38)34-24-9-5-3-6-10-24)35(20-23-13-18-28(32)29(33)19-23)30(37)21-36(25-11-7-4-8-12-25)42(39,40)27-16-14-26(41-2)15-17-27/h4,7-8,11-19,22,24H,3,5-6,9-10,20-21H2,1-2H3,(H,34,38). The second kappa shape index (κ2) is 14.3. The fourth-order valence-electron chi connectivity index (χ4n) is 4.98. The molecule has 0 radical (unpaired) electrons. The van der Waals surface area contributed by atoms with Crippen LogP contribution in [0.1, 0.15) is 44.6 Å². The van der Waals surface area contributed by atoms with E-state index in [9.17, 15) is 18.0 Å². The van der Waals surface area contributed by atoms with Crippen molar-refractivity contribution in [2.75, 3.05) is 18.0 Å². The number of nitrogens with one attached hydrogen (secondary N) is 1. The van der Waals surface area contributed by atoms with Gasteiger partial charge in [0.05, 0.1) is 27.7 Å². The molecule has 1 unspecified atom stereocenters. The van der Waals surface area contributed by atoms with E-state index in [-0.39, 0.29) is 23.4 Å². The summed E-state index contributed by atoms with van der Waals surface area (Å²) in [6, 6.07) is 18.5. The Morgan fingerprint density at radius 2 is 1.62 bits per heavy atom. The van der Waals surface area contributed by atoms with Crippen LogP contribution in [0, 0.1) is 0 Å². The summed E-state index contributed by atoms with van der Waals surface area (Å²) in [6.45, 7) is 1.15. The first-order valence-electron chi connectivity index (χ1n) is 13.9. The highest BCUT2D eigenvalue weighted by molar-refractivity contribution is 7.92. The molecule has 1 saturated carbocycles. The minimum Gasteiger partial charge on any atom is -0.497 e. The molecule has 1 aliphatic carbocycles. The number of carbonyl (C=O) groups excluding carboxylic acids is 2. The second-order valence-electron chi connectivity index (χ2n) is 10.3. The summed E-state index contributed by atoms with van der Waals surface area (Å²) < 4.78 is 34.0. The maximum absolute atomic E-state index is 14.1. The molecular formula is C31H35Cl2N3O5S. The number of hydrogen-bond donors (Lipinski definition) is 1. The van der Waals surface area contributed by atoms with Gasteiger partial charge in [-0.3, -0.25) is 13.9 Å². The highest BCUT2D eigenvalue weighted by Crippen LogP contribution is 2.27. The SMILES string of the molecule is COc1ccc(S(=O)(=O)N(CC(=O)N(Cc2ccc(Cl)c(Cl)c2)C(C)C(=O)NC2CCCCC2)c2ccccc2)cc1. The lowest BCUT2D eigenvalue weighted by Gasteiger charge is -2.33. The quantitative estimate of drug-likeness (QED) is 0.277. The molecule has 2 amide bonds. The van der Waals surface area contributed by atoms with Gasteiger partial charge in [0.1, 0.15) is 18.3 Å². The molecule has 11 heteroatoms. The van der Waals surface area contributed by atoms with Crippen molar-refractivity contribution in [3.63, 3.8) is 0 Å². The molecule has 0 aliphatic heterocycles. The van der Waals surface area contributed by atoms with E-state index in [0.717, 1.165) is 36.4 Å². The Morgan fingerprint density at radius 1 is 0.952 bits per heavy atom.